The molecule has 0 aromatic heterocycles. The Labute approximate surface area is 139 Å². The highest BCUT2D eigenvalue weighted by Gasteiger charge is 2.29. The molecule has 1 atom stereocenters. The maximum absolute atomic E-state index is 12.0. The highest BCUT2D eigenvalue weighted by atomic mass is 16.7. The molecule has 8 nitrogen and oxygen atoms in total. The minimum absolute atomic E-state index is 0.112. The largest absolute Gasteiger partial charge is 0.480 e. The van der Waals surface area contributed by atoms with Gasteiger partial charge in [0, 0.05) is 23.6 Å². The van der Waals surface area contributed by atoms with Crippen LogP contribution in [0, 0.1) is 5.41 Å². The Morgan fingerprint density at radius 2 is 1.88 bits per heavy atom. The Balaban J connectivity index is 1.98. The third-order valence-electron chi connectivity index (χ3n) is 3.46. The standard InChI is InChI=1S/C16H20N2O6/c1-16(2,3)13(19)7-10(14(20)21)18-15(22)17-9-4-5-11-12(6-9)24-8-23-11/h4-6,10H,7-8H2,1-3H3,(H,20,21)(H2,17,18,22). The highest BCUT2D eigenvalue weighted by Crippen LogP contribution is 2.34. The summed E-state index contributed by atoms with van der Waals surface area (Å²) in [6.45, 7) is 5.20. The van der Waals surface area contributed by atoms with Gasteiger partial charge in [0.1, 0.15) is 11.8 Å². The third kappa shape index (κ3) is 4.37. The fourth-order valence-electron chi connectivity index (χ4n) is 1.99. The predicted octanol–water partition coefficient (Wildman–Crippen LogP) is 2.00. The summed E-state index contributed by atoms with van der Waals surface area (Å²) >= 11 is 0. The second-order valence-corrected chi connectivity index (χ2v) is 6.43. The molecule has 1 heterocycles. The molecule has 0 aliphatic carbocycles. The Morgan fingerprint density at radius 1 is 1.21 bits per heavy atom. The summed E-state index contributed by atoms with van der Waals surface area (Å²) in [5, 5.41) is 14.0. The molecule has 2 rings (SSSR count). The first-order valence-electron chi connectivity index (χ1n) is 7.40. The molecule has 0 spiro atoms. The average molecular weight is 336 g/mol. The van der Waals surface area contributed by atoms with Crippen LogP contribution >= 0.6 is 0 Å². The molecule has 1 aliphatic rings. The number of Topliss-reactive ketones (excluding diaryl/α,β-unsaturated/α-hetero) is 1. The molecule has 3 N–H and O–H groups in total. The van der Waals surface area contributed by atoms with Gasteiger partial charge in [0.15, 0.2) is 11.5 Å². The number of anilines is 1. The van der Waals surface area contributed by atoms with Gasteiger partial charge >= 0.3 is 12.0 Å². The monoisotopic (exact) mass is 336 g/mol. The fraction of sp³-hybridized carbons (Fsp3) is 0.438. The van der Waals surface area contributed by atoms with Crippen LogP contribution in [0.15, 0.2) is 18.2 Å². The molecule has 1 unspecified atom stereocenters. The summed E-state index contributed by atoms with van der Waals surface area (Å²) in [7, 11) is 0. The van der Waals surface area contributed by atoms with E-state index in [1.54, 1.807) is 39.0 Å². The van der Waals surface area contributed by atoms with Crippen molar-refractivity contribution >= 4 is 23.5 Å². The molecule has 24 heavy (non-hydrogen) atoms. The molecule has 1 aromatic rings. The van der Waals surface area contributed by atoms with Crippen LogP contribution in [0.4, 0.5) is 10.5 Å². The van der Waals surface area contributed by atoms with E-state index >= 15 is 0 Å². The molecule has 0 bridgehead atoms. The summed E-state index contributed by atoms with van der Waals surface area (Å²) in [6, 6.07) is 2.78. The van der Waals surface area contributed by atoms with Crippen molar-refractivity contribution in [3.63, 3.8) is 0 Å². The van der Waals surface area contributed by atoms with Gasteiger partial charge in [0.25, 0.3) is 0 Å². The van der Waals surface area contributed by atoms with Crippen LogP contribution in [0.5, 0.6) is 11.5 Å². The Bertz CT molecular complexity index is 665. The van der Waals surface area contributed by atoms with Crippen LogP contribution in [-0.2, 0) is 9.59 Å². The number of amides is 2. The van der Waals surface area contributed by atoms with Gasteiger partial charge in [0.2, 0.25) is 6.79 Å². The van der Waals surface area contributed by atoms with E-state index in [1.807, 2.05) is 0 Å². The van der Waals surface area contributed by atoms with Gasteiger partial charge in [-0.3, -0.25) is 4.79 Å². The minimum Gasteiger partial charge on any atom is -0.480 e. The molecule has 130 valence electrons. The van der Waals surface area contributed by atoms with E-state index in [4.69, 9.17) is 9.47 Å². The Kier molecular flexibility index (Phi) is 4.96. The van der Waals surface area contributed by atoms with Crippen molar-refractivity contribution in [1.29, 1.82) is 0 Å². The molecular weight excluding hydrogens is 316 g/mol. The number of urea groups is 1. The first kappa shape index (κ1) is 17.6. The predicted molar refractivity (Wildman–Crippen MR) is 85.2 cm³/mol. The molecule has 0 fully saturated rings. The second-order valence-electron chi connectivity index (χ2n) is 6.43. The van der Waals surface area contributed by atoms with Gasteiger partial charge in [-0.15, -0.1) is 0 Å². The summed E-state index contributed by atoms with van der Waals surface area (Å²) in [4.78, 5) is 35.2. The van der Waals surface area contributed by atoms with Gasteiger partial charge in [0.05, 0.1) is 0 Å². The zero-order chi connectivity index (χ0) is 17.9. The lowest BCUT2D eigenvalue weighted by molar-refractivity contribution is -0.141. The third-order valence-corrected chi connectivity index (χ3v) is 3.46. The first-order chi connectivity index (χ1) is 11.2. The van der Waals surface area contributed by atoms with E-state index in [9.17, 15) is 19.5 Å². The van der Waals surface area contributed by atoms with Crippen molar-refractivity contribution in [2.45, 2.75) is 33.2 Å². The Hall–Kier alpha value is -2.77. The van der Waals surface area contributed by atoms with E-state index in [0.717, 1.165) is 0 Å². The van der Waals surface area contributed by atoms with E-state index in [2.05, 4.69) is 10.6 Å². The van der Waals surface area contributed by atoms with Gasteiger partial charge in [-0.1, -0.05) is 20.8 Å². The zero-order valence-electron chi connectivity index (χ0n) is 13.7. The summed E-state index contributed by atoms with van der Waals surface area (Å²) in [5.74, 6) is -0.461. The van der Waals surface area contributed by atoms with Crippen molar-refractivity contribution in [3.8, 4) is 11.5 Å². The topological polar surface area (TPSA) is 114 Å². The fourth-order valence-corrected chi connectivity index (χ4v) is 1.99. The molecule has 1 aliphatic heterocycles. The van der Waals surface area contributed by atoms with Crippen LogP contribution in [0.25, 0.3) is 0 Å². The number of ketones is 1. The van der Waals surface area contributed by atoms with Crippen LogP contribution in [0.1, 0.15) is 27.2 Å². The van der Waals surface area contributed by atoms with Gasteiger partial charge in [-0.05, 0) is 12.1 Å². The van der Waals surface area contributed by atoms with Crippen LogP contribution in [-0.4, -0.2) is 35.7 Å². The number of rotatable bonds is 5. The number of carboxylic acids is 1. The van der Waals surface area contributed by atoms with Gasteiger partial charge < -0.3 is 25.2 Å². The van der Waals surface area contributed by atoms with Gasteiger partial charge in [-0.25, -0.2) is 9.59 Å². The van der Waals surface area contributed by atoms with E-state index < -0.39 is 23.5 Å². The van der Waals surface area contributed by atoms with Crippen molar-refractivity contribution in [1.82, 2.24) is 5.32 Å². The second kappa shape index (κ2) is 6.77. The quantitative estimate of drug-likeness (QED) is 0.758. The maximum atomic E-state index is 12.0. The Morgan fingerprint density at radius 3 is 2.50 bits per heavy atom. The van der Waals surface area contributed by atoms with E-state index in [0.29, 0.717) is 17.2 Å². The lowest BCUT2D eigenvalue weighted by Crippen LogP contribution is -2.45. The number of carboxylic acid groups (broad SMARTS) is 1. The van der Waals surface area contributed by atoms with Crippen LogP contribution < -0.4 is 20.1 Å². The SMILES string of the molecule is CC(C)(C)C(=O)CC(NC(=O)Nc1ccc2c(c1)OCO2)C(=O)O. The lowest BCUT2D eigenvalue weighted by atomic mass is 9.87. The molecule has 2 amide bonds. The smallest absolute Gasteiger partial charge is 0.326 e. The van der Waals surface area contributed by atoms with Crippen molar-refractivity contribution < 1.29 is 29.0 Å². The average Bonchev–Trinajstić information content (AvgIpc) is 2.92. The van der Waals surface area contributed by atoms with Crippen molar-refractivity contribution in [2.24, 2.45) is 5.41 Å². The molecule has 0 radical (unpaired) electrons. The number of ether oxygens (including phenoxy) is 2. The van der Waals surface area contributed by atoms with Crippen LogP contribution in [0.3, 0.4) is 0 Å². The summed E-state index contributed by atoms with van der Waals surface area (Å²) in [5.41, 5.74) is -0.258. The van der Waals surface area contributed by atoms with Crippen LogP contribution in [0.2, 0.25) is 0 Å². The van der Waals surface area contributed by atoms with Crippen molar-refractivity contribution in [3.05, 3.63) is 18.2 Å². The summed E-state index contributed by atoms with van der Waals surface area (Å²) in [6.07, 6.45) is -0.284. The van der Waals surface area contributed by atoms with E-state index in [-0.39, 0.29) is 19.0 Å². The molecular formula is C16H20N2O6. The number of benzene rings is 1. The number of fused-ring (bicyclic) bond motifs is 1. The van der Waals surface area contributed by atoms with Crippen molar-refractivity contribution in [2.75, 3.05) is 12.1 Å². The minimum atomic E-state index is -1.30. The maximum Gasteiger partial charge on any atom is 0.326 e. The summed E-state index contributed by atoms with van der Waals surface area (Å²) < 4.78 is 10.4. The number of aliphatic carboxylic acids is 1. The lowest BCUT2D eigenvalue weighted by Gasteiger charge is -2.20. The molecule has 8 heteroatoms. The molecule has 0 saturated heterocycles. The molecule has 0 saturated carbocycles. The highest BCUT2D eigenvalue weighted by molar-refractivity contribution is 5.95. The van der Waals surface area contributed by atoms with Gasteiger partial charge in [-0.2, -0.15) is 0 Å². The number of nitrogens with one attached hydrogen (secondary N) is 2. The number of hydrogen-bond donors (Lipinski definition) is 3. The molecule has 1 aromatic carbocycles. The first-order valence-corrected chi connectivity index (χ1v) is 7.40. The number of hydrogen-bond acceptors (Lipinski definition) is 5. The van der Waals surface area contributed by atoms with E-state index in [1.165, 1.54) is 0 Å². The number of carbonyl (C=O) groups excluding carboxylic acids is 2. The number of carbonyl (C=O) groups is 3. The zero-order valence-corrected chi connectivity index (χ0v) is 13.7. The normalized spacial score (nSPS) is 14.0.